The predicted molar refractivity (Wildman–Crippen MR) is 76.8 cm³/mol. The Morgan fingerprint density at radius 3 is 2.83 bits per heavy atom. The van der Waals surface area contributed by atoms with Crippen LogP contribution < -0.4 is 5.73 Å². The van der Waals surface area contributed by atoms with E-state index in [2.05, 4.69) is 40.7 Å². The Hall–Kier alpha value is -1.26. The van der Waals surface area contributed by atoms with Gasteiger partial charge in [0.1, 0.15) is 0 Å². The molecule has 2 aromatic rings. The van der Waals surface area contributed by atoms with Gasteiger partial charge in [-0.25, -0.2) is 4.98 Å². The third kappa shape index (κ3) is 3.62. The summed E-state index contributed by atoms with van der Waals surface area (Å²) in [5.41, 5.74) is 7.22. The lowest BCUT2D eigenvalue weighted by atomic mass is 10.2. The molecule has 0 fully saturated rings. The number of hydrogen-bond acceptors (Lipinski definition) is 3. The van der Waals surface area contributed by atoms with E-state index >= 15 is 0 Å². The number of aromatic nitrogens is 2. The van der Waals surface area contributed by atoms with Gasteiger partial charge in [-0.1, -0.05) is 49.0 Å². The third-order valence-corrected chi connectivity index (χ3v) is 4.02. The highest BCUT2D eigenvalue weighted by Gasteiger charge is 2.06. The number of hydrogen-bond donors (Lipinski definition) is 1. The first-order valence-electron chi connectivity index (χ1n) is 6.23. The van der Waals surface area contributed by atoms with E-state index in [0.717, 1.165) is 23.9 Å². The topological polar surface area (TPSA) is 43.8 Å². The van der Waals surface area contributed by atoms with E-state index in [1.807, 2.05) is 18.5 Å². The van der Waals surface area contributed by atoms with E-state index in [4.69, 9.17) is 5.73 Å². The number of benzene rings is 1. The van der Waals surface area contributed by atoms with Crippen molar-refractivity contribution in [2.75, 3.05) is 5.75 Å². The molecule has 0 unspecified atom stereocenters. The fourth-order valence-corrected chi connectivity index (χ4v) is 2.66. The van der Waals surface area contributed by atoms with Crippen LogP contribution in [0.5, 0.6) is 0 Å². The summed E-state index contributed by atoms with van der Waals surface area (Å²) in [5, 5.41) is 1.04. The molecular formula is C14H19N3S. The highest BCUT2D eigenvalue weighted by molar-refractivity contribution is 7.99. The highest BCUT2D eigenvalue weighted by Crippen LogP contribution is 2.18. The number of nitrogens with zero attached hydrogens (tertiary/aromatic N) is 2. The first kappa shape index (κ1) is 13.2. The lowest BCUT2D eigenvalue weighted by Crippen LogP contribution is -2.21. The normalized spacial score (nSPS) is 12.6. The van der Waals surface area contributed by atoms with Crippen molar-refractivity contribution in [3.8, 4) is 0 Å². The van der Waals surface area contributed by atoms with Crippen LogP contribution in [0, 0.1) is 0 Å². The minimum absolute atomic E-state index is 0.247. The molecule has 1 aromatic carbocycles. The summed E-state index contributed by atoms with van der Waals surface area (Å²) in [6, 6.07) is 10.7. The summed E-state index contributed by atoms with van der Waals surface area (Å²) in [4.78, 5) is 4.39. The number of nitrogens with two attached hydrogens (primary N) is 1. The summed E-state index contributed by atoms with van der Waals surface area (Å²) in [6.07, 6.45) is 4.88. The molecule has 0 aliphatic carbocycles. The van der Waals surface area contributed by atoms with Gasteiger partial charge in [0, 0.05) is 30.7 Å². The molecule has 0 aliphatic rings. The molecule has 0 radical (unpaired) electrons. The van der Waals surface area contributed by atoms with Crippen molar-refractivity contribution in [2.45, 2.75) is 31.1 Å². The van der Waals surface area contributed by atoms with Gasteiger partial charge in [0.2, 0.25) is 0 Å². The predicted octanol–water partition coefficient (Wildman–Crippen LogP) is 2.76. The zero-order valence-corrected chi connectivity index (χ0v) is 11.4. The summed E-state index contributed by atoms with van der Waals surface area (Å²) in [6.45, 7) is 2.98. The van der Waals surface area contributed by atoms with Gasteiger partial charge in [0.15, 0.2) is 5.16 Å². The Morgan fingerprint density at radius 1 is 1.33 bits per heavy atom. The van der Waals surface area contributed by atoms with Gasteiger partial charge in [0.05, 0.1) is 0 Å². The number of thioether (sulfide) groups is 1. The molecule has 2 rings (SSSR count). The third-order valence-electron chi connectivity index (χ3n) is 2.82. The molecule has 4 heteroatoms. The molecule has 1 heterocycles. The second-order valence-electron chi connectivity index (χ2n) is 4.30. The Kier molecular flexibility index (Phi) is 4.84. The lowest BCUT2D eigenvalue weighted by Gasteiger charge is -2.10. The minimum Gasteiger partial charge on any atom is -0.327 e. The second kappa shape index (κ2) is 6.61. The van der Waals surface area contributed by atoms with Gasteiger partial charge in [-0.05, 0) is 12.0 Å². The van der Waals surface area contributed by atoms with Crippen LogP contribution in [-0.2, 0) is 6.54 Å². The highest BCUT2D eigenvalue weighted by atomic mass is 32.2. The first-order valence-corrected chi connectivity index (χ1v) is 7.21. The summed E-state index contributed by atoms with van der Waals surface area (Å²) in [7, 11) is 0. The summed E-state index contributed by atoms with van der Waals surface area (Å²) in [5.74, 6) is 0.919. The SMILES string of the molecule is CC[C@H](N)CSc1nccn1Cc1ccccc1. The molecule has 1 aromatic heterocycles. The van der Waals surface area contributed by atoms with Gasteiger partial charge in [-0.3, -0.25) is 0 Å². The fraction of sp³-hybridized carbons (Fsp3) is 0.357. The zero-order valence-electron chi connectivity index (χ0n) is 10.6. The van der Waals surface area contributed by atoms with E-state index in [9.17, 15) is 0 Å². The van der Waals surface area contributed by atoms with Crippen LogP contribution in [0.1, 0.15) is 18.9 Å². The quantitative estimate of drug-likeness (QED) is 0.813. The maximum Gasteiger partial charge on any atom is 0.168 e. The molecule has 1 atom stereocenters. The number of imidazole rings is 1. The van der Waals surface area contributed by atoms with Gasteiger partial charge in [-0.2, -0.15) is 0 Å². The van der Waals surface area contributed by atoms with Crippen molar-refractivity contribution >= 4 is 11.8 Å². The zero-order chi connectivity index (χ0) is 12.8. The second-order valence-corrected chi connectivity index (χ2v) is 5.29. The van der Waals surface area contributed by atoms with Crippen molar-refractivity contribution < 1.29 is 0 Å². The van der Waals surface area contributed by atoms with Crippen molar-refractivity contribution in [1.82, 2.24) is 9.55 Å². The molecule has 0 bridgehead atoms. The standard InChI is InChI=1S/C14H19N3S/c1-2-13(15)11-18-14-16-8-9-17(14)10-12-6-4-3-5-7-12/h3-9,13H,2,10-11,15H2,1H3/t13-/m0/s1. The van der Waals surface area contributed by atoms with Gasteiger partial charge < -0.3 is 10.3 Å². The summed E-state index contributed by atoms with van der Waals surface area (Å²) < 4.78 is 2.17. The lowest BCUT2D eigenvalue weighted by molar-refractivity contribution is 0.697. The molecule has 0 aliphatic heterocycles. The van der Waals surface area contributed by atoms with Gasteiger partial charge >= 0.3 is 0 Å². The van der Waals surface area contributed by atoms with Crippen LogP contribution in [0.4, 0.5) is 0 Å². The molecule has 0 spiro atoms. The van der Waals surface area contributed by atoms with Crippen molar-refractivity contribution in [3.63, 3.8) is 0 Å². The molecule has 0 amide bonds. The maximum atomic E-state index is 5.93. The molecule has 18 heavy (non-hydrogen) atoms. The van der Waals surface area contributed by atoms with E-state index in [1.54, 1.807) is 11.8 Å². The molecular weight excluding hydrogens is 242 g/mol. The first-order chi connectivity index (χ1) is 8.79. The molecule has 3 nitrogen and oxygen atoms in total. The van der Waals surface area contributed by atoms with Crippen LogP contribution in [0.15, 0.2) is 47.9 Å². The fourth-order valence-electron chi connectivity index (χ4n) is 1.64. The van der Waals surface area contributed by atoms with Crippen LogP contribution >= 0.6 is 11.8 Å². The van der Waals surface area contributed by atoms with Crippen molar-refractivity contribution in [1.29, 1.82) is 0 Å². The molecule has 0 saturated carbocycles. The van der Waals surface area contributed by atoms with Crippen molar-refractivity contribution in [3.05, 3.63) is 48.3 Å². The van der Waals surface area contributed by atoms with E-state index in [1.165, 1.54) is 5.56 Å². The largest absolute Gasteiger partial charge is 0.327 e. The van der Waals surface area contributed by atoms with Crippen LogP contribution in [0.2, 0.25) is 0 Å². The average molecular weight is 261 g/mol. The van der Waals surface area contributed by atoms with Gasteiger partial charge in [-0.15, -0.1) is 0 Å². The van der Waals surface area contributed by atoms with E-state index in [0.29, 0.717) is 0 Å². The minimum atomic E-state index is 0.247. The maximum absolute atomic E-state index is 5.93. The monoisotopic (exact) mass is 261 g/mol. The van der Waals surface area contributed by atoms with Gasteiger partial charge in [0.25, 0.3) is 0 Å². The van der Waals surface area contributed by atoms with E-state index in [-0.39, 0.29) is 6.04 Å². The smallest absolute Gasteiger partial charge is 0.168 e. The Balaban J connectivity index is 1.99. The molecule has 0 saturated heterocycles. The Bertz CT molecular complexity index is 467. The number of rotatable bonds is 6. The van der Waals surface area contributed by atoms with Crippen LogP contribution in [0.25, 0.3) is 0 Å². The van der Waals surface area contributed by atoms with Crippen LogP contribution in [0.3, 0.4) is 0 Å². The average Bonchev–Trinajstić information content (AvgIpc) is 2.84. The molecule has 96 valence electrons. The van der Waals surface area contributed by atoms with Crippen molar-refractivity contribution in [2.24, 2.45) is 5.73 Å². The van der Waals surface area contributed by atoms with Crippen LogP contribution in [-0.4, -0.2) is 21.3 Å². The Morgan fingerprint density at radius 2 is 2.11 bits per heavy atom. The molecule has 2 N–H and O–H groups in total. The van der Waals surface area contributed by atoms with E-state index < -0.39 is 0 Å². The summed E-state index contributed by atoms with van der Waals surface area (Å²) >= 11 is 1.73. The Labute approximate surface area is 112 Å².